The first-order valence-corrected chi connectivity index (χ1v) is 13.3. The number of nitrogens with one attached hydrogen (secondary N) is 1. The summed E-state index contributed by atoms with van der Waals surface area (Å²) < 4.78 is 12.5. The molecule has 3 aromatic carbocycles. The number of carbonyl (C=O) groups excluding carboxylic acids is 1. The number of halogens is 1. The number of benzene rings is 3. The molecule has 0 aromatic heterocycles. The summed E-state index contributed by atoms with van der Waals surface area (Å²) >= 11 is 4.84. The summed E-state index contributed by atoms with van der Waals surface area (Å²) in [6.07, 6.45) is 2.74. The molecule has 37 heavy (non-hydrogen) atoms. The third kappa shape index (κ3) is 6.81. The molecular weight excluding hydrogens is 556 g/mol. The Morgan fingerprint density at radius 3 is 2.41 bits per heavy atom. The van der Waals surface area contributed by atoms with Gasteiger partial charge in [-0.1, -0.05) is 31.2 Å². The van der Waals surface area contributed by atoms with E-state index in [0.29, 0.717) is 32.7 Å². The van der Waals surface area contributed by atoms with Crippen LogP contribution in [0.2, 0.25) is 0 Å². The second-order valence-corrected chi connectivity index (χ2v) is 9.94. The fourth-order valence-electron chi connectivity index (χ4n) is 3.53. The Kier molecular flexibility index (Phi) is 8.68. The Balaban J connectivity index is 1.52. The van der Waals surface area contributed by atoms with E-state index < -0.39 is 5.97 Å². The van der Waals surface area contributed by atoms with Gasteiger partial charge < -0.3 is 19.9 Å². The van der Waals surface area contributed by atoms with Crippen LogP contribution < -0.4 is 14.8 Å². The van der Waals surface area contributed by atoms with Gasteiger partial charge in [-0.15, -0.1) is 0 Å². The van der Waals surface area contributed by atoms with Crippen molar-refractivity contribution in [3.05, 3.63) is 92.3 Å². The number of amides is 1. The van der Waals surface area contributed by atoms with Crippen molar-refractivity contribution in [3.63, 3.8) is 0 Å². The molecule has 1 saturated heterocycles. The number of ether oxygens (including phenoxy) is 2. The number of amidine groups is 1. The van der Waals surface area contributed by atoms with Crippen LogP contribution in [0.1, 0.15) is 40.9 Å². The Hall–Kier alpha value is -3.56. The van der Waals surface area contributed by atoms with Crippen LogP contribution in [0.15, 0.2) is 75.0 Å². The summed E-state index contributed by atoms with van der Waals surface area (Å²) in [5.41, 5.74) is 3.81. The maximum absolute atomic E-state index is 12.6. The van der Waals surface area contributed by atoms with Gasteiger partial charge in [0, 0.05) is 0 Å². The van der Waals surface area contributed by atoms with Gasteiger partial charge in [-0.3, -0.25) is 4.79 Å². The minimum atomic E-state index is -0.975. The normalized spacial score (nSPS) is 15.2. The fraction of sp³-hybridized carbons (Fsp3) is 0.179. The number of carbonyl (C=O) groups is 2. The van der Waals surface area contributed by atoms with E-state index in [1.165, 1.54) is 29.5 Å². The Morgan fingerprint density at radius 1 is 1.05 bits per heavy atom. The molecule has 0 bridgehead atoms. The number of rotatable bonds is 9. The lowest BCUT2D eigenvalue weighted by atomic mass is 10.1. The van der Waals surface area contributed by atoms with Crippen molar-refractivity contribution in [3.8, 4) is 11.5 Å². The molecule has 1 amide bonds. The number of carboxylic acids is 1. The molecule has 1 aliphatic heterocycles. The predicted molar refractivity (Wildman–Crippen MR) is 150 cm³/mol. The van der Waals surface area contributed by atoms with E-state index in [9.17, 15) is 9.59 Å². The number of aliphatic imine (C=N–C) groups is 1. The Morgan fingerprint density at radius 2 is 1.76 bits per heavy atom. The number of thioether (sulfide) groups is 1. The van der Waals surface area contributed by atoms with E-state index in [-0.39, 0.29) is 18.1 Å². The molecule has 1 fully saturated rings. The predicted octanol–water partition coefficient (Wildman–Crippen LogP) is 6.58. The van der Waals surface area contributed by atoms with E-state index >= 15 is 0 Å². The van der Waals surface area contributed by atoms with Gasteiger partial charge in [-0.25, -0.2) is 9.79 Å². The summed E-state index contributed by atoms with van der Waals surface area (Å²) in [7, 11) is 0. The summed E-state index contributed by atoms with van der Waals surface area (Å²) in [5, 5.41) is 12.4. The third-order valence-corrected chi connectivity index (χ3v) is 6.94. The first-order valence-electron chi connectivity index (χ1n) is 11.7. The van der Waals surface area contributed by atoms with Crippen molar-refractivity contribution in [2.24, 2.45) is 4.99 Å². The molecule has 9 heteroatoms. The number of nitrogens with zero attached hydrogens (tertiary/aromatic N) is 1. The van der Waals surface area contributed by atoms with Crippen LogP contribution in [0.25, 0.3) is 6.08 Å². The quantitative estimate of drug-likeness (QED) is 0.277. The number of carboxylic acid groups (broad SMARTS) is 1. The van der Waals surface area contributed by atoms with E-state index in [2.05, 4.69) is 33.2 Å². The Labute approximate surface area is 227 Å². The lowest BCUT2D eigenvalue weighted by Crippen LogP contribution is -2.19. The molecule has 7 nitrogen and oxygen atoms in total. The van der Waals surface area contributed by atoms with Gasteiger partial charge in [0.05, 0.1) is 27.2 Å². The molecule has 0 atom stereocenters. The fourth-order valence-corrected chi connectivity index (χ4v) is 4.94. The van der Waals surface area contributed by atoms with Gasteiger partial charge in [0.15, 0.2) is 16.7 Å². The number of aromatic carboxylic acids is 1. The van der Waals surface area contributed by atoms with Gasteiger partial charge in [0.25, 0.3) is 5.91 Å². The van der Waals surface area contributed by atoms with E-state index in [1.54, 1.807) is 18.2 Å². The summed E-state index contributed by atoms with van der Waals surface area (Å²) in [5.74, 6) is -0.142. The lowest BCUT2D eigenvalue weighted by Gasteiger charge is -2.15. The SMILES string of the molecule is CCOc1cc(/C=C2\SC(=Nc3ccc(CC)cc3)NC2=O)cc(Br)c1OCc1ccc(C(=O)O)cc1. The molecule has 0 saturated carbocycles. The van der Waals surface area contributed by atoms with Crippen molar-refractivity contribution >= 4 is 56.5 Å². The number of hydrogen-bond acceptors (Lipinski definition) is 6. The first-order chi connectivity index (χ1) is 17.9. The van der Waals surface area contributed by atoms with Gasteiger partial charge in [-0.05, 0) is 100 Å². The topological polar surface area (TPSA) is 97.2 Å². The zero-order valence-electron chi connectivity index (χ0n) is 20.3. The monoisotopic (exact) mass is 580 g/mol. The minimum Gasteiger partial charge on any atom is -0.490 e. The number of hydrogen-bond donors (Lipinski definition) is 2. The van der Waals surface area contributed by atoms with E-state index in [0.717, 1.165) is 23.2 Å². The lowest BCUT2D eigenvalue weighted by molar-refractivity contribution is -0.115. The highest BCUT2D eigenvalue weighted by Crippen LogP contribution is 2.39. The largest absolute Gasteiger partial charge is 0.490 e. The summed E-state index contributed by atoms with van der Waals surface area (Å²) in [4.78, 5) is 28.7. The standard InChI is InChI=1S/C28H25BrN2O5S/c1-3-17-7-11-21(12-8-17)30-28-31-26(32)24(37-28)15-19-13-22(29)25(23(14-19)35-4-2)36-16-18-5-9-20(10-6-18)27(33)34/h5-15H,3-4,16H2,1-2H3,(H,33,34)(H,30,31,32)/b24-15-. The third-order valence-electron chi connectivity index (χ3n) is 5.44. The molecule has 190 valence electrons. The summed E-state index contributed by atoms with van der Waals surface area (Å²) in [6, 6.07) is 18.1. The summed E-state index contributed by atoms with van der Waals surface area (Å²) in [6.45, 7) is 4.64. The zero-order chi connectivity index (χ0) is 26.4. The highest BCUT2D eigenvalue weighted by molar-refractivity contribution is 9.10. The van der Waals surface area contributed by atoms with E-state index in [4.69, 9.17) is 14.6 Å². The van der Waals surface area contributed by atoms with Gasteiger partial charge in [0.2, 0.25) is 0 Å². The van der Waals surface area contributed by atoms with Crippen molar-refractivity contribution in [2.75, 3.05) is 6.61 Å². The van der Waals surface area contributed by atoms with Crippen molar-refractivity contribution in [1.29, 1.82) is 0 Å². The van der Waals surface area contributed by atoms with Crippen LogP contribution in [-0.4, -0.2) is 28.8 Å². The smallest absolute Gasteiger partial charge is 0.335 e. The van der Waals surface area contributed by atoms with Gasteiger partial charge >= 0.3 is 5.97 Å². The van der Waals surface area contributed by atoms with Crippen molar-refractivity contribution in [1.82, 2.24) is 5.32 Å². The van der Waals surface area contributed by atoms with Crippen LogP contribution in [0.4, 0.5) is 5.69 Å². The average molecular weight is 581 g/mol. The molecule has 0 unspecified atom stereocenters. The van der Waals surface area contributed by atoms with E-state index in [1.807, 2.05) is 43.3 Å². The molecule has 3 aromatic rings. The maximum Gasteiger partial charge on any atom is 0.335 e. The van der Waals surface area contributed by atoms with Crippen LogP contribution in [0, 0.1) is 0 Å². The molecule has 1 heterocycles. The Bertz CT molecular complexity index is 1370. The molecule has 2 N–H and O–H groups in total. The zero-order valence-corrected chi connectivity index (χ0v) is 22.7. The average Bonchev–Trinajstić information content (AvgIpc) is 3.22. The van der Waals surface area contributed by atoms with Crippen LogP contribution >= 0.6 is 27.7 Å². The van der Waals surface area contributed by atoms with Gasteiger partial charge in [0.1, 0.15) is 6.61 Å². The van der Waals surface area contributed by atoms with Crippen LogP contribution in [-0.2, 0) is 17.8 Å². The highest BCUT2D eigenvalue weighted by Gasteiger charge is 2.24. The second kappa shape index (κ2) is 12.1. The molecule has 0 aliphatic carbocycles. The van der Waals surface area contributed by atoms with Gasteiger partial charge in [-0.2, -0.15) is 0 Å². The first kappa shape index (κ1) is 26.5. The molecule has 0 spiro atoms. The van der Waals surface area contributed by atoms with Crippen molar-refractivity contribution < 1.29 is 24.2 Å². The maximum atomic E-state index is 12.6. The molecule has 1 aliphatic rings. The van der Waals surface area contributed by atoms with Crippen LogP contribution in [0.5, 0.6) is 11.5 Å². The van der Waals surface area contributed by atoms with Crippen LogP contribution in [0.3, 0.4) is 0 Å². The van der Waals surface area contributed by atoms with Crippen molar-refractivity contribution in [2.45, 2.75) is 26.9 Å². The molecule has 4 rings (SSSR count). The molecule has 0 radical (unpaired) electrons. The minimum absolute atomic E-state index is 0.215. The highest BCUT2D eigenvalue weighted by atomic mass is 79.9. The number of aryl methyl sites for hydroxylation is 1. The second-order valence-electron chi connectivity index (χ2n) is 8.06. The molecular formula is C28H25BrN2O5S.